The Morgan fingerprint density at radius 3 is 2.95 bits per heavy atom. The van der Waals surface area contributed by atoms with Crippen molar-refractivity contribution in [1.29, 1.82) is 5.26 Å². The summed E-state index contributed by atoms with van der Waals surface area (Å²) in [5.41, 5.74) is 2.38. The van der Waals surface area contributed by atoms with Gasteiger partial charge in [0.1, 0.15) is 6.07 Å². The fourth-order valence-corrected chi connectivity index (χ4v) is 3.68. The van der Waals surface area contributed by atoms with Gasteiger partial charge in [-0.05, 0) is 26.8 Å². The normalized spacial score (nSPS) is 32.0. The van der Waals surface area contributed by atoms with E-state index in [2.05, 4.69) is 29.8 Å². The third-order valence-corrected chi connectivity index (χ3v) is 4.51. The zero-order valence-electron chi connectivity index (χ0n) is 13.5. The Balaban J connectivity index is 1.91. The van der Waals surface area contributed by atoms with Crippen LogP contribution in [0, 0.1) is 18.3 Å². The second-order valence-corrected chi connectivity index (χ2v) is 6.58. The summed E-state index contributed by atoms with van der Waals surface area (Å²) in [5.74, 6) is 0. The van der Waals surface area contributed by atoms with Gasteiger partial charge in [-0.15, -0.1) is 0 Å². The van der Waals surface area contributed by atoms with Gasteiger partial charge in [-0.1, -0.05) is 0 Å². The highest BCUT2D eigenvalue weighted by Crippen LogP contribution is 2.36. The first-order valence-electron chi connectivity index (χ1n) is 7.92. The van der Waals surface area contributed by atoms with E-state index in [-0.39, 0.29) is 17.8 Å². The molecule has 118 valence electrons. The van der Waals surface area contributed by atoms with Crippen LogP contribution in [0.4, 0.5) is 5.69 Å². The van der Waals surface area contributed by atoms with E-state index in [0.29, 0.717) is 5.56 Å². The zero-order chi connectivity index (χ0) is 15.7. The first-order chi connectivity index (χ1) is 10.5. The second-order valence-electron chi connectivity index (χ2n) is 6.58. The second kappa shape index (κ2) is 5.86. The van der Waals surface area contributed by atoms with Gasteiger partial charge in [0.25, 0.3) is 0 Å². The van der Waals surface area contributed by atoms with Crippen molar-refractivity contribution in [3.63, 3.8) is 0 Å². The van der Waals surface area contributed by atoms with Crippen molar-refractivity contribution in [3.05, 3.63) is 23.5 Å². The first-order valence-corrected chi connectivity index (χ1v) is 7.92. The average Bonchev–Trinajstić information content (AvgIpc) is 2.46. The van der Waals surface area contributed by atoms with Crippen LogP contribution in [0.1, 0.15) is 37.9 Å². The van der Waals surface area contributed by atoms with E-state index in [4.69, 9.17) is 9.47 Å². The Morgan fingerprint density at radius 1 is 1.41 bits per heavy atom. The Kier molecular flexibility index (Phi) is 4.07. The number of ether oxygens (including phenoxy) is 2. The monoisotopic (exact) mass is 301 g/mol. The number of nitrogens with zero attached hydrogens (tertiary/aromatic N) is 3. The summed E-state index contributed by atoms with van der Waals surface area (Å²) in [7, 11) is 0. The van der Waals surface area contributed by atoms with Crippen molar-refractivity contribution in [1.82, 2.24) is 4.98 Å². The third-order valence-electron chi connectivity index (χ3n) is 4.51. The summed E-state index contributed by atoms with van der Waals surface area (Å²) in [6.07, 6.45) is 3.84. The highest BCUT2D eigenvalue weighted by molar-refractivity contribution is 5.59. The van der Waals surface area contributed by atoms with Crippen LogP contribution in [0.15, 0.2) is 12.3 Å². The molecule has 2 aliphatic rings. The molecule has 22 heavy (non-hydrogen) atoms. The Bertz CT molecular complexity index is 594. The smallest absolute Gasteiger partial charge is 0.103 e. The maximum atomic E-state index is 9.38. The van der Waals surface area contributed by atoms with Crippen LogP contribution in [0.3, 0.4) is 0 Å². The number of aromatic nitrogens is 1. The summed E-state index contributed by atoms with van der Waals surface area (Å²) in [6.45, 7) is 8.51. The Morgan fingerprint density at radius 2 is 2.23 bits per heavy atom. The van der Waals surface area contributed by atoms with E-state index >= 15 is 0 Å². The molecule has 2 fully saturated rings. The zero-order valence-corrected chi connectivity index (χ0v) is 13.5. The number of morpholine rings is 1. The van der Waals surface area contributed by atoms with Crippen molar-refractivity contribution in [2.24, 2.45) is 0 Å². The lowest BCUT2D eigenvalue weighted by Crippen LogP contribution is -2.58. The molecule has 0 radical (unpaired) electrons. The van der Waals surface area contributed by atoms with E-state index in [0.717, 1.165) is 43.9 Å². The molecule has 0 bridgehead atoms. The number of nitriles is 1. The molecule has 2 saturated heterocycles. The molecule has 1 aromatic rings. The van der Waals surface area contributed by atoms with Crippen molar-refractivity contribution in [3.8, 4) is 6.07 Å². The minimum absolute atomic E-state index is 0.138. The van der Waals surface area contributed by atoms with Crippen LogP contribution >= 0.6 is 0 Å². The van der Waals surface area contributed by atoms with Gasteiger partial charge in [0.2, 0.25) is 0 Å². The molecule has 3 heterocycles. The van der Waals surface area contributed by atoms with Crippen molar-refractivity contribution in [2.75, 3.05) is 24.6 Å². The highest BCUT2D eigenvalue weighted by Gasteiger charge is 2.43. The molecule has 1 aromatic heterocycles. The Labute approximate surface area is 131 Å². The molecule has 0 aromatic carbocycles. The van der Waals surface area contributed by atoms with Crippen molar-refractivity contribution >= 4 is 5.69 Å². The van der Waals surface area contributed by atoms with Gasteiger partial charge in [-0.3, -0.25) is 4.98 Å². The van der Waals surface area contributed by atoms with E-state index in [9.17, 15) is 5.26 Å². The molecule has 1 spiro atoms. The number of pyridine rings is 1. The van der Waals surface area contributed by atoms with Crippen LogP contribution in [-0.2, 0) is 9.47 Å². The number of hydrogen-bond acceptors (Lipinski definition) is 5. The molecule has 0 aliphatic carbocycles. The van der Waals surface area contributed by atoms with Gasteiger partial charge < -0.3 is 14.4 Å². The number of aryl methyl sites for hydroxylation is 1. The molecule has 0 saturated carbocycles. The minimum Gasteiger partial charge on any atom is -0.378 e. The number of rotatable bonds is 1. The lowest BCUT2D eigenvalue weighted by Gasteiger charge is -2.49. The topological polar surface area (TPSA) is 58.4 Å². The van der Waals surface area contributed by atoms with Gasteiger partial charge in [0.15, 0.2) is 0 Å². The molecular weight excluding hydrogens is 278 g/mol. The van der Waals surface area contributed by atoms with Gasteiger partial charge in [0.05, 0.1) is 29.1 Å². The van der Waals surface area contributed by atoms with E-state index in [1.807, 2.05) is 13.0 Å². The minimum atomic E-state index is -0.167. The molecule has 5 nitrogen and oxygen atoms in total. The summed E-state index contributed by atoms with van der Waals surface area (Å²) in [6, 6.07) is 4.27. The number of anilines is 1. The van der Waals surface area contributed by atoms with E-state index in [1.54, 1.807) is 6.20 Å². The fraction of sp³-hybridized carbons (Fsp3) is 0.647. The van der Waals surface area contributed by atoms with Crippen molar-refractivity contribution < 1.29 is 9.47 Å². The van der Waals surface area contributed by atoms with Gasteiger partial charge in [0, 0.05) is 44.4 Å². The highest BCUT2D eigenvalue weighted by atomic mass is 16.5. The SMILES string of the molecule is Cc1cc(N2C[C@H](C)O[C@@]3(CCO[C@H](C)C3)C2)c(C#N)cn1. The van der Waals surface area contributed by atoms with E-state index < -0.39 is 0 Å². The predicted molar refractivity (Wildman–Crippen MR) is 83.8 cm³/mol. The quantitative estimate of drug-likeness (QED) is 0.797. The largest absolute Gasteiger partial charge is 0.378 e. The maximum Gasteiger partial charge on any atom is 0.103 e. The molecular formula is C17H23N3O2. The van der Waals surface area contributed by atoms with Crippen LogP contribution in [0.25, 0.3) is 0 Å². The molecule has 0 unspecified atom stereocenters. The maximum absolute atomic E-state index is 9.38. The molecule has 2 aliphatic heterocycles. The van der Waals surface area contributed by atoms with Crippen molar-refractivity contribution in [2.45, 2.75) is 51.4 Å². The summed E-state index contributed by atoms with van der Waals surface area (Å²) >= 11 is 0. The van der Waals surface area contributed by atoms with Gasteiger partial charge in [-0.2, -0.15) is 5.26 Å². The van der Waals surface area contributed by atoms with E-state index in [1.165, 1.54) is 0 Å². The predicted octanol–water partition coefficient (Wildman–Crippen LogP) is 2.42. The molecule has 5 heteroatoms. The van der Waals surface area contributed by atoms with Crippen LogP contribution in [0.5, 0.6) is 0 Å². The third kappa shape index (κ3) is 2.94. The Hall–Kier alpha value is -1.64. The lowest BCUT2D eigenvalue weighted by molar-refractivity contribution is -0.163. The molecule has 0 amide bonds. The standard InChI is InChI=1S/C17H23N3O2/c1-12-6-16(15(8-18)9-19-12)20-10-14(3)22-17(11-20)4-5-21-13(2)7-17/h6,9,13-14H,4-5,7,10-11H2,1-3H3/t13-,14+,17-/m1/s1. The average molecular weight is 301 g/mol. The first kappa shape index (κ1) is 15.3. The van der Waals surface area contributed by atoms with Gasteiger partial charge in [-0.25, -0.2) is 0 Å². The van der Waals surface area contributed by atoms with Gasteiger partial charge >= 0.3 is 0 Å². The summed E-state index contributed by atoms with van der Waals surface area (Å²) in [4.78, 5) is 6.53. The number of hydrogen-bond donors (Lipinski definition) is 0. The molecule has 0 N–H and O–H groups in total. The molecule has 3 rings (SSSR count). The van der Waals surface area contributed by atoms with Crippen LogP contribution in [-0.4, -0.2) is 42.5 Å². The van der Waals surface area contributed by atoms with Crippen LogP contribution in [0.2, 0.25) is 0 Å². The lowest BCUT2D eigenvalue weighted by atomic mass is 9.88. The van der Waals surface area contributed by atoms with Crippen LogP contribution < -0.4 is 4.90 Å². The fourth-order valence-electron chi connectivity index (χ4n) is 3.68. The summed E-state index contributed by atoms with van der Waals surface area (Å²) in [5, 5.41) is 9.38. The summed E-state index contributed by atoms with van der Waals surface area (Å²) < 4.78 is 12.0. The molecule has 3 atom stereocenters.